The predicted octanol–water partition coefficient (Wildman–Crippen LogP) is 1.78. The van der Waals surface area contributed by atoms with E-state index >= 15 is 0 Å². The number of nitrogens with zero attached hydrogens (tertiary/aromatic N) is 1. The Morgan fingerprint density at radius 1 is 1.36 bits per heavy atom. The van der Waals surface area contributed by atoms with E-state index in [1.165, 1.54) is 11.4 Å². The van der Waals surface area contributed by atoms with Crippen molar-refractivity contribution in [1.82, 2.24) is 0 Å². The van der Waals surface area contributed by atoms with Crippen molar-refractivity contribution in [2.45, 2.75) is 20.4 Å². The van der Waals surface area contributed by atoms with Gasteiger partial charge >= 0.3 is 0 Å². The van der Waals surface area contributed by atoms with Crippen LogP contribution in [0.5, 0.6) is 0 Å². The monoisotopic (exact) mass is 148 g/mol. The number of rotatable bonds is 2. The summed E-state index contributed by atoms with van der Waals surface area (Å²) in [4.78, 5) is 0. The first-order valence-electron chi connectivity index (χ1n) is 3.82. The van der Waals surface area contributed by atoms with Gasteiger partial charge in [0.1, 0.15) is 0 Å². The third kappa shape index (κ3) is 1.67. The van der Waals surface area contributed by atoms with Gasteiger partial charge in [-0.15, -0.1) is 0 Å². The first-order valence-corrected chi connectivity index (χ1v) is 3.82. The molecule has 0 N–H and O–H groups in total. The molecule has 11 heavy (non-hydrogen) atoms. The van der Waals surface area contributed by atoms with Crippen LogP contribution in [0.4, 0.5) is 0 Å². The second-order valence-electron chi connectivity index (χ2n) is 2.71. The van der Waals surface area contributed by atoms with Gasteiger partial charge in [-0.3, -0.25) is 0 Å². The summed E-state index contributed by atoms with van der Waals surface area (Å²) in [5.41, 5.74) is 2.56. The summed E-state index contributed by atoms with van der Waals surface area (Å²) in [6.07, 6.45) is 1.92. The van der Waals surface area contributed by atoms with Gasteiger partial charge in [-0.2, -0.15) is 4.57 Å². The van der Waals surface area contributed by atoms with Gasteiger partial charge in [0.25, 0.3) is 0 Å². The molecule has 0 aliphatic rings. The Morgan fingerprint density at radius 3 is 2.36 bits per heavy atom. The van der Waals surface area contributed by atoms with Crippen molar-refractivity contribution in [2.75, 3.05) is 0 Å². The third-order valence-electron chi connectivity index (χ3n) is 1.84. The van der Waals surface area contributed by atoms with E-state index in [1.807, 2.05) is 6.08 Å². The normalized spacial score (nSPS) is 9.64. The molecule has 0 aromatic carbocycles. The zero-order valence-corrected chi connectivity index (χ0v) is 7.17. The Labute approximate surface area is 68.0 Å². The number of hydrogen-bond acceptors (Lipinski definition) is 0. The second kappa shape index (κ2) is 3.33. The van der Waals surface area contributed by atoms with Gasteiger partial charge in [0, 0.05) is 26.0 Å². The molecule has 0 spiro atoms. The van der Waals surface area contributed by atoms with E-state index in [-0.39, 0.29) is 0 Å². The second-order valence-corrected chi connectivity index (χ2v) is 2.71. The highest BCUT2D eigenvalue weighted by atomic mass is 15.0. The standard InChI is InChI=1S/C10H14N/c1-4-8-11-9(2)6-5-7-10(11)3/h4-7H,1,8H2,2-3H3/q+1. The van der Waals surface area contributed by atoms with Crippen molar-refractivity contribution in [3.63, 3.8) is 0 Å². The van der Waals surface area contributed by atoms with E-state index in [0.717, 1.165) is 6.54 Å². The van der Waals surface area contributed by atoms with Crippen LogP contribution in [0.1, 0.15) is 11.4 Å². The lowest BCUT2D eigenvalue weighted by molar-refractivity contribution is -0.698. The van der Waals surface area contributed by atoms with E-state index in [1.54, 1.807) is 0 Å². The molecule has 0 aliphatic heterocycles. The molecule has 0 bridgehead atoms. The molecule has 0 aliphatic carbocycles. The maximum Gasteiger partial charge on any atom is 0.178 e. The maximum absolute atomic E-state index is 3.72. The van der Waals surface area contributed by atoms with Gasteiger partial charge in [0.2, 0.25) is 0 Å². The first-order chi connectivity index (χ1) is 5.25. The lowest BCUT2D eigenvalue weighted by Crippen LogP contribution is -2.39. The van der Waals surface area contributed by atoms with Gasteiger partial charge in [-0.25, -0.2) is 0 Å². The Bertz CT molecular complexity index is 243. The summed E-state index contributed by atoms with van der Waals surface area (Å²) in [5.74, 6) is 0. The van der Waals surface area contributed by atoms with Crippen LogP contribution in [0.3, 0.4) is 0 Å². The van der Waals surface area contributed by atoms with Crippen LogP contribution in [-0.2, 0) is 6.54 Å². The van der Waals surface area contributed by atoms with Gasteiger partial charge in [0.15, 0.2) is 17.9 Å². The summed E-state index contributed by atoms with van der Waals surface area (Å²) in [7, 11) is 0. The van der Waals surface area contributed by atoms with Gasteiger partial charge in [0.05, 0.1) is 0 Å². The number of aromatic nitrogens is 1. The van der Waals surface area contributed by atoms with Crippen LogP contribution in [-0.4, -0.2) is 0 Å². The van der Waals surface area contributed by atoms with E-state index in [9.17, 15) is 0 Å². The summed E-state index contributed by atoms with van der Waals surface area (Å²) < 4.78 is 2.23. The fraction of sp³-hybridized carbons (Fsp3) is 0.300. The van der Waals surface area contributed by atoms with Gasteiger partial charge in [-0.1, -0.05) is 6.58 Å². The average Bonchev–Trinajstić information content (AvgIpc) is 1.97. The zero-order chi connectivity index (χ0) is 8.27. The van der Waals surface area contributed by atoms with E-state index < -0.39 is 0 Å². The lowest BCUT2D eigenvalue weighted by Gasteiger charge is -1.99. The number of allylic oxidation sites excluding steroid dienone is 1. The zero-order valence-electron chi connectivity index (χ0n) is 7.17. The largest absolute Gasteiger partial charge is 0.197 e. The highest BCUT2D eigenvalue weighted by Gasteiger charge is 2.05. The lowest BCUT2D eigenvalue weighted by atomic mass is 10.3. The van der Waals surface area contributed by atoms with Crippen molar-refractivity contribution >= 4 is 0 Å². The SMILES string of the molecule is C=CC[n+]1c(C)cccc1C. The molecule has 0 saturated heterocycles. The fourth-order valence-corrected chi connectivity index (χ4v) is 1.20. The quantitative estimate of drug-likeness (QED) is 0.444. The summed E-state index contributed by atoms with van der Waals surface area (Å²) in [6, 6.07) is 6.29. The Hall–Kier alpha value is -1.11. The van der Waals surface area contributed by atoms with Crippen LogP contribution in [0, 0.1) is 13.8 Å². The van der Waals surface area contributed by atoms with Crippen LogP contribution >= 0.6 is 0 Å². The molecule has 0 amide bonds. The van der Waals surface area contributed by atoms with Crippen LogP contribution in [0.15, 0.2) is 30.9 Å². The van der Waals surface area contributed by atoms with Gasteiger partial charge < -0.3 is 0 Å². The first kappa shape index (κ1) is 7.99. The highest BCUT2D eigenvalue weighted by molar-refractivity contribution is 5.00. The predicted molar refractivity (Wildman–Crippen MR) is 46.3 cm³/mol. The molecule has 0 fully saturated rings. The molecule has 0 saturated carbocycles. The molecule has 0 unspecified atom stereocenters. The van der Waals surface area contributed by atoms with E-state index in [2.05, 4.69) is 43.2 Å². The van der Waals surface area contributed by atoms with Crippen molar-refractivity contribution in [1.29, 1.82) is 0 Å². The van der Waals surface area contributed by atoms with E-state index in [0.29, 0.717) is 0 Å². The van der Waals surface area contributed by atoms with Crippen molar-refractivity contribution in [3.05, 3.63) is 42.2 Å². The smallest absolute Gasteiger partial charge is 0.178 e. The number of pyridine rings is 1. The molecule has 1 heterocycles. The molecule has 1 rings (SSSR count). The van der Waals surface area contributed by atoms with Crippen molar-refractivity contribution < 1.29 is 4.57 Å². The minimum atomic E-state index is 0.901. The molecule has 1 aromatic rings. The maximum atomic E-state index is 3.72. The molecule has 1 aromatic heterocycles. The van der Waals surface area contributed by atoms with Crippen LogP contribution in [0.25, 0.3) is 0 Å². The molecule has 0 atom stereocenters. The Balaban J connectivity index is 3.09. The molecular formula is C10H14N+. The summed E-state index contributed by atoms with van der Waals surface area (Å²) in [6.45, 7) is 8.83. The highest BCUT2D eigenvalue weighted by Crippen LogP contribution is 1.93. The van der Waals surface area contributed by atoms with Crippen LogP contribution < -0.4 is 4.57 Å². The Morgan fingerprint density at radius 2 is 1.91 bits per heavy atom. The van der Waals surface area contributed by atoms with E-state index in [4.69, 9.17) is 0 Å². The topological polar surface area (TPSA) is 3.88 Å². The van der Waals surface area contributed by atoms with Gasteiger partial charge in [-0.05, 0) is 12.1 Å². The minimum Gasteiger partial charge on any atom is -0.197 e. The molecule has 0 radical (unpaired) electrons. The molecular weight excluding hydrogens is 134 g/mol. The number of aryl methyl sites for hydroxylation is 2. The Kier molecular flexibility index (Phi) is 2.42. The number of hydrogen-bond donors (Lipinski definition) is 0. The van der Waals surface area contributed by atoms with Crippen LogP contribution in [0.2, 0.25) is 0 Å². The average molecular weight is 148 g/mol. The fourth-order valence-electron chi connectivity index (χ4n) is 1.20. The van der Waals surface area contributed by atoms with Crippen molar-refractivity contribution in [2.24, 2.45) is 0 Å². The summed E-state index contributed by atoms with van der Waals surface area (Å²) >= 11 is 0. The van der Waals surface area contributed by atoms with Crippen molar-refractivity contribution in [3.8, 4) is 0 Å². The minimum absolute atomic E-state index is 0.901. The molecule has 1 heteroatoms. The third-order valence-corrected chi connectivity index (χ3v) is 1.84. The summed E-state index contributed by atoms with van der Waals surface area (Å²) in [5, 5.41) is 0. The molecule has 1 nitrogen and oxygen atoms in total. The molecule has 58 valence electrons.